The molecule has 9 rings (SSSR count). The second kappa shape index (κ2) is 11.2. The predicted molar refractivity (Wildman–Crippen MR) is 188 cm³/mol. The number of pyridine rings is 1. The maximum Gasteiger partial charge on any atom is 0.179 e. The number of hydrogen-bond acceptors (Lipinski definition) is 5. The van der Waals surface area contributed by atoms with Crippen LogP contribution in [-0.2, 0) is 6.42 Å². The van der Waals surface area contributed by atoms with Crippen molar-refractivity contribution in [3.8, 4) is 67.8 Å². The number of benzene rings is 5. The molecule has 0 bridgehead atoms. The molecule has 0 saturated carbocycles. The summed E-state index contributed by atoms with van der Waals surface area (Å²) in [7, 11) is 0. The highest BCUT2D eigenvalue weighted by molar-refractivity contribution is 5.94. The molecule has 47 heavy (non-hydrogen) atoms. The normalized spacial score (nSPS) is 11.7. The van der Waals surface area contributed by atoms with E-state index in [0.29, 0.717) is 11.6 Å². The maximum atomic E-state index is 5.14. The van der Waals surface area contributed by atoms with Crippen molar-refractivity contribution in [2.75, 3.05) is 0 Å². The zero-order chi connectivity index (χ0) is 31.2. The van der Waals surface area contributed by atoms with Crippen LogP contribution in [0, 0.1) is 0 Å². The van der Waals surface area contributed by atoms with Crippen LogP contribution in [0.15, 0.2) is 152 Å². The molecule has 5 aromatic carbocycles. The zero-order valence-corrected chi connectivity index (χ0v) is 25.4. The standard InChI is InChI=1S/C42H27N5/c1-2-10-27(11-3-1)28-17-19-29(20-18-28)38-34-14-6-7-15-36(34)44-41(45-38)31-23-21-30(22-24-31)39-35-26-32-12-4-5-13-33(32)40(35)47-42(46-39)37-16-8-9-25-43-37/h1-25H,26H2. The van der Waals surface area contributed by atoms with Gasteiger partial charge in [0.2, 0.25) is 0 Å². The Balaban J connectivity index is 1.12. The molecule has 5 nitrogen and oxygen atoms in total. The number of hydrogen-bond donors (Lipinski definition) is 0. The molecule has 220 valence electrons. The quantitative estimate of drug-likeness (QED) is 0.197. The van der Waals surface area contributed by atoms with Crippen molar-refractivity contribution in [1.29, 1.82) is 0 Å². The molecule has 5 heteroatoms. The van der Waals surface area contributed by atoms with Gasteiger partial charge in [-0.2, -0.15) is 0 Å². The van der Waals surface area contributed by atoms with Gasteiger partial charge in [0.25, 0.3) is 0 Å². The van der Waals surface area contributed by atoms with Gasteiger partial charge in [-0.05, 0) is 34.9 Å². The Kier molecular flexibility index (Phi) is 6.46. The van der Waals surface area contributed by atoms with Gasteiger partial charge >= 0.3 is 0 Å². The van der Waals surface area contributed by atoms with Gasteiger partial charge in [-0.1, -0.05) is 127 Å². The third-order valence-electron chi connectivity index (χ3n) is 8.83. The molecule has 3 aromatic heterocycles. The number of aromatic nitrogens is 5. The first-order valence-corrected chi connectivity index (χ1v) is 15.7. The molecular formula is C42H27N5. The second-order valence-corrected chi connectivity index (χ2v) is 11.7. The average Bonchev–Trinajstić information content (AvgIpc) is 3.54. The molecule has 0 fully saturated rings. The Hall–Kier alpha value is -6.33. The highest BCUT2D eigenvalue weighted by atomic mass is 14.9. The Bertz CT molecular complexity index is 2400. The Labute approximate surface area is 272 Å². The molecule has 1 aliphatic carbocycles. The molecule has 1 aliphatic rings. The topological polar surface area (TPSA) is 64.5 Å². The molecule has 0 spiro atoms. The van der Waals surface area contributed by atoms with Crippen molar-refractivity contribution in [3.05, 3.63) is 163 Å². The summed E-state index contributed by atoms with van der Waals surface area (Å²) >= 11 is 0. The highest BCUT2D eigenvalue weighted by Crippen LogP contribution is 2.41. The lowest BCUT2D eigenvalue weighted by atomic mass is 10.0. The van der Waals surface area contributed by atoms with E-state index in [1.807, 2.05) is 36.4 Å². The van der Waals surface area contributed by atoms with E-state index in [-0.39, 0.29) is 0 Å². The van der Waals surface area contributed by atoms with Gasteiger partial charge in [-0.3, -0.25) is 4.98 Å². The molecule has 0 unspecified atom stereocenters. The summed E-state index contributed by atoms with van der Waals surface area (Å²) in [6.45, 7) is 0. The van der Waals surface area contributed by atoms with E-state index in [0.717, 1.165) is 67.9 Å². The van der Waals surface area contributed by atoms with Crippen LogP contribution in [0.2, 0.25) is 0 Å². The van der Waals surface area contributed by atoms with Crippen molar-refractivity contribution in [1.82, 2.24) is 24.9 Å². The molecule has 0 radical (unpaired) electrons. The van der Waals surface area contributed by atoms with E-state index in [1.165, 1.54) is 16.7 Å². The summed E-state index contributed by atoms with van der Waals surface area (Å²) in [5.74, 6) is 1.31. The Morgan fingerprint density at radius 2 is 1.02 bits per heavy atom. The molecule has 0 amide bonds. The van der Waals surface area contributed by atoms with Crippen molar-refractivity contribution in [2.24, 2.45) is 0 Å². The minimum absolute atomic E-state index is 0.626. The minimum atomic E-state index is 0.626. The highest BCUT2D eigenvalue weighted by Gasteiger charge is 2.26. The predicted octanol–water partition coefficient (Wildman–Crippen LogP) is 9.72. The van der Waals surface area contributed by atoms with E-state index < -0.39 is 0 Å². The van der Waals surface area contributed by atoms with Crippen LogP contribution in [0.3, 0.4) is 0 Å². The van der Waals surface area contributed by atoms with E-state index in [2.05, 4.69) is 114 Å². The molecule has 0 N–H and O–H groups in total. The van der Waals surface area contributed by atoms with Gasteiger partial charge in [0.05, 0.1) is 22.6 Å². The van der Waals surface area contributed by atoms with Crippen LogP contribution < -0.4 is 0 Å². The third kappa shape index (κ3) is 4.86. The van der Waals surface area contributed by atoms with Crippen molar-refractivity contribution in [2.45, 2.75) is 6.42 Å². The summed E-state index contributed by atoms with van der Waals surface area (Å²) in [6, 6.07) is 50.0. The summed E-state index contributed by atoms with van der Waals surface area (Å²) in [5, 5.41) is 1.03. The van der Waals surface area contributed by atoms with Gasteiger partial charge in [0.1, 0.15) is 5.69 Å². The van der Waals surface area contributed by atoms with E-state index in [4.69, 9.17) is 19.9 Å². The van der Waals surface area contributed by atoms with Crippen molar-refractivity contribution < 1.29 is 0 Å². The average molecular weight is 602 g/mol. The fourth-order valence-electron chi connectivity index (χ4n) is 6.47. The molecule has 0 saturated heterocycles. The minimum Gasteiger partial charge on any atom is -0.253 e. The van der Waals surface area contributed by atoms with Gasteiger partial charge in [0, 0.05) is 45.8 Å². The fourth-order valence-corrected chi connectivity index (χ4v) is 6.47. The summed E-state index contributed by atoms with van der Waals surface area (Å²) in [4.78, 5) is 24.8. The number of nitrogens with zero attached hydrogens (tertiary/aromatic N) is 5. The van der Waals surface area contributed by atoms with Crippen LogP contribution >= 0.6 is 0 Å². The van der Waals surface area contributed by atoms with Crippen molar-refractivity contribution in [3.63, 3.8) is 0 Å². The first-order valence-electron chi connectivity index (χ1n) is 15.7. The Morgan fingerprint density at radius 3 is 1.83 bits per heavy atom. The fraction of sp³-hybridized carbons (Fsp3) is 0.0238. The van der Waals surface area contributed by atoms with Gasteiger partial charge in [-0.25, -0.2) is 19.9 Å². The number of fused-ring (bicyclic) bond motifs is 4. The van der Waals surface area contributed by atoms with Gasteiger partial charge in [0.15, 0.2) is 11.6 Å². The second-order valence-electron chi connectivity index (χ2n) is 11.7. The lowest BCUT2D eigenvalue weighted by molar-refractivity contribution is 1.11. The van der Waals surface area contributed by atoms with Gasteiger partial charge in [-0.15, -0.1) is 0 Å². The molecule has 3 heterocycles. The zero-order valence-electron chi connectivity index (χ0n) is 25.4. The van der Waals surface area contributed by atoms with Crippen LogP contribution in [0.1, 0.15) is 11.1 Å². The first kappa shape index (κ1) is 27.0. The lowest BCUT2D eigenvalue weighted by Gasteiger charge is -2.12. The Morgan fingerprint density at radius 1 is 0.404 bits per heavy atom. The largest absolute Gasteiger partial charge is 0.253 e. The summed E-state index contributed by atoms with van der Waals surface area (Å²) in [5.41, 5.74) is 13.5. The number of rotatable bonds is 5. The molecule has 8 aromatic rings. The van der Waals surface area contributed by atoms with Crippen LogP contribution in [0.5, 0.6) is 0 Å². The SMILES string of the molecule is c1ccc(-c2ccc(-c3nc(-c4ccc(-c5nc(-c6ccccn6)nc6c5Cc5ccccc5-6)cc4)nc4ccccc34)cc2)cc1. The summed E-state index contributed by atoms with van der Waals surface area (Å²) in [6.07, 6.45) is 2.58. The molecule has 0 atom stereocenters. The third-order valence-corrected chi connectivity index (χ3v) is 8.83. The summed E-state index contributed by atoms with van der Waals surface area (Å²) < 4.78 is 0. The number of para-hydroxylation sites is 1. The van der Waals surface area contributed by atoms with Crippen LogP contribution in [-0.4, -0.2) is 24.9 Å². The van der Waals surface area contributed by atoms with Crippen LogP contribution in [0.4, 0.5) is 0 Å². The molecular weight excluding hydrogens is 574 g/mol. The van der Waals surface area contributed by atoms with Crippen LogP contribution in [0.25, 0.3) is 78.7 Å². The van der Waals surface area contributed by atoms with E-state index >= 15 is 0 Å². The maximum absolute atomic E-state index is 5.14. The first-order chi connectivity index (χ1) is 23.3. The van der Waals surface area contributed by atoms with E-state index in [1.54, 1.807) is 6.20 Å². The van der Waals surface area contributed by atoms with Crippen molar-refractivity contribution >= 4 is 10.9 Å². The molecule has 0 aliphatic heterocycles. The van der Waals surface area contributed by atoms with Gasteiger partial charge < -0.3 is 0 Å². The smallest absolute Gasteiger partial charge is 0.179 e. The lowest BCUT2D eigenvalue weighted by Crippen LogP contribution is -2.00. The monoisotopic (exact) mass is 601 g/mol. The van der Waals surface area contributed by atoms with E-state index in [9.17, 15) is 0 Å².